The summed E-state index contributed by atoms with van der Waals surface area (Å²) in [6, 6.07) is 3.13. The maximum Gasteiger partial charge on any atom is 0.146 e. The molecule has 0 amide bonds. The Balaban J connectivity index is 2.92. The summed E-state index contributed by atoms with van der Waals surface area (Å²) < 4.78 is 5.11. The average molecular weight is 183 g/mol. The van der Waals surface area contributed by atoms with Gasteiger partial charge in [0.15, 0.2) is 0 Å². The fourth-order valence-electron chi connectivity index (χ4n) is 0.945. The number of anilines is 3. The SMILES string of the molecule is Nc1cc(N)c(N)c(OCCO)c1. The molecule has 5 heteroatoms. The van der Waals surface area contributed by atoms with Crippen LogP contribution in [0, 0.1) is 0 Å². The molecule has 1 rings (SSSR count). The molecule has 0 aromatic heterocycles. The van der Waals surface area contributed by atoms with Crippen molar-refractivity contribution in [1.82, 2.24) is 0 Å². The van der Waals surface area contributed by atoms with E-state index in [9.17, 15) is 0 Å². The van der Waals surface area contributed by atoms with E-state index in [0.29, 0.717) is 22.8 Å². The quantitative estimate of drug-likeness (QED) is 0.485. The van der Waals surface area contributed by atoms with E-state index in [2.05, 4.69) is 0 Å². The molecule has 0 aliphatic heterocycles. The molecule has 7 N–H and O–H groups in total. The fraction of sp³-hybridized carbons (Fsp3) is 0.250. The molecule has 0 fully saturated rings. The molecule has 0 aliphatic rings. The van der Waals surface area contributed by atoms with Crippen molar-refractivity contribution in [1.29, 1.82) is 0 Å². The Labute approximate surface area is 76.1 Å². The summed E-state index contributed by atoms with van der Waals surface area (Å²) in [4.78, 5) is 0. The topological polar surface area (TPSA) is 108 Å². The highest BCUT2D eigenvalue weighted by Gasteiger charge is 2.04. The normalized spacial score (nSPS) is 9.92. The summed E-state index contributed by atoms with van der Waals surface area (Å²) in [7, 11) is 0. The minimum Gasteiger partial charge on any atom is -0.489 e. The highest BCUT2D eigenvalue weighted by molar-refractivity contribution is 5.75. The van der Waals surface area contributed by atoms with Crippen molar-refractivity contribution >= 4 is 17.1 Å². The first-order chi connectivity index (χ1) is 6.15. The van der Waals surface area contributed by atoms with Gasteiger partial charge in [0.05, 0.1) is 18.0 Å². The van der Waals surface area contributed by atoms with Crippen LogP contribution in [0.15, 0.2) is 12.1 Å². The van der Waals surface area contributed by atoms with Gasteiger partial charge in [-0.1, -0.05) is 0 Å². The Morgan fingerprint density at radius 2 is 1.92 bits per heavy atom. The van der Waals surface area contributed by atoms with Crippen LogP contribution in [0.3, 0.4) is 0 Å². The van der Waals surface area contributed by atoms with E-state index in [1.54, 1.807) is 12.1 Å². The van der Waals surface area contributed by atoms with Crippen molar-refractivity contribution in [2.24, 2.45) is 0 Å². The third-order valence-corrected chi connectivity index (χ3v) is 1.55. The largest absolute Gasteiger partial charge is 0.489 e. The number of ether oxygens (including phenoxy) is 1. The van der Waals surface area contributed by atoms with Crippen LogP contribution in [0.4, 0.5) is 17.1 Å². The van der Waals surface area contributed by atoms with Gasteiger partial charge in [-0.2, -0.15) is 0 Å². The van der Waals surface area contributed by atoms with Gasteiger partial charge in [0.2, 0.25) is 0 Å². The summed E-state index contributed by atoms with van der Waals surface area (Å²) in [6.07, 6.45) is 0. The lowest BCUT2D eigenvalue weighted by Crippen LogP contribution is -2.06. The lowest BCUT2D eigenvalue weighted by molar-refractivity contribution is 0.202. The second-order valence-corrected chi connectivity index (χ2v) is 2.59. The minimum absolute atomic E-state index is 0.0753. The highest BCUT2D eigenvalue weighted by Crippen LogP contribution is 2.30. The predicted molar refractivity (Wildman–Crippen MR) is 52.3 cm³/mol. The Kier molecular flexibility index (Phi) is 2.81. The van der Waals surface area contributed by atoms with Crippen molar-refractivity contribution in [3.05, 3.63) is 12.1 Å². The molecule has 0 saturated heterocycles. The first kappa shape index (κ1) is 9.47. The van der Waals surface area contributed by atoms with Crippen LogP contribution in [0.2, 0.25) is 0 Å². The lowest BCUT2D eigenvalue weighted by atomic mass is 10.2. The van der Waals surface area contributed by atoms with E-state index in [1.807, 2.05) is 0 Å². The zero-order valence-corrected chi connectivity index (χ0v) is 7.16. The lowest BCUT2D eigenvalue weighted by Gasteiger charge is -2.10. The van der Waals surface area contributed by atoms with E-state index < -0.39 is 0 Å². The molecule has 0 heterocycles. The third-order valence-electron chi connectivity index (χ3n) is 1.55. The van der Waals surface area contributed by atoms with Crippen LogP contribution < -0.4 is 21.9 Å². The van der Waals surface area contributed by atoms with E-state index in [4.69, 9.17) is 27.0 Å². The molecule has 1 aromatic rings. The maximum absolute atomic E-state index is 8.53. The van der Waals surface area contributed by atoms with Gasteiger partial charge in [0, 0.05) is 11.8 Å². The molecule has 0 aliphatic carbocycles. The molecule has 5 nitrogen and oxygen atoms in total. The summed E-state index contributed by atoms with van der Waals surface area (Å²) in [5.74, 6) is 0.409. The molecule has 13 heavy (non-hydrogen) atoms. The van der Waals surface area contributed by atoms with Gasteiger partial charge in [-0.05, 0) is 6.07 Å². The van der Waals surface area contributed by atoms with Gasteiger partial charge in [0.1, 0.15) is 12.4 Å². The standard InChI is InChI=1S/C8H13N3O2/c9-5-3-6(10)8(11)7(4-5)13-2-1-12/h3-4,12H,1-2,9-11H2. The average Bonchev–Trinajstić information content (AvgIpc) is 2.09. The second-order valence-electron chi connectivity index (χ2n) is 2.59. The monoisotopic (exact) mass is 183 g/mol. The van der Waals surface area contributed by atoms with Gasteiger partial charge < -0.3 is 27.0 Å². The smallest absolute Gasteiger partial charge is 0.146 e. The van der Waals surface area contributed by atoms with Crippen LogP contribution in [-0.2, 0) is 0 Å². The summed E-state index contributed by atoms with van der Waals surface area (Å²) >= 11 is 0. The van der Waals surface area contributed by atoms with Gasteiger partial charge in [-0.3, -0.25) is 0 Å². The maximum atomic E-state index is 8.53. The first-order valence-corrected chi connectivity index (χ1v) is 3.83. The Hall–Kier alpha value is -1.62. The van der Waals surface area contributed by atoms with Crippen molar-refractivity contribution in [2.75, 3.05) is 30.4 Å². The van der Waals surface area contributed by atoms with Gasteiger partial charge in [-0.25, -0.2) is 0 Å². The minimum atomic E-state index is -0.0753. The van der Waals surface area contributed by atoms with Crippen LogP contribution >= 0.6 is 0 Å². The molecule has 1 aromatic carbocycles. The van der Waals surface area contributed by atoms with Crippen LogP contribution in [0.25, 0.3) is 0 Å². The number of rotatable bonds is 3. The van der Waals surface area contributed by atoms with Crippen LogP contribution in [0.1, 0.15) is 0 Å². The van der Waals surface area contributed by atoms with Crippen LogP contribution in [-0.4, -0.2) is 18.3 Å². The van der Waals surface area contributed by atoms with Crippen molar-refractivity contribution in [2.45, 2.75) is 0 Å². The first-order valence-electron chi connectivity index (χ1n) is 3.83. The van der Waals surface area contributed by atoms with E-state index in [0.717, 1.165) is 0 Å². The number of hydrogen-bond acceptors (Lipinski definition) is 5. The Morgan fingerprint density at radius 1 is 1.23 bits per heavy atom. The number of hydrogen-bond donors (Lipinski definition) is 4. The number of nitrogens with two attached hydrogens (primary N) is 3. The highest BCUT2D eigenvalue weighted by atomic mass is 16.5. The summed E-state index contributed by atoms with van der Waals surface area (Å²) in [5, 5.41) is 8.53. The molecule has 0 saturated carbocycles. The van der Waals surface area contributed by atoms with Gasteiger partial charge in [0.25, 0.3) is 0 Å². The molecule has 0 spiro atoms. The molecule has 0 unspecified atom stereocenters. The predicted octanol–water partition coefficient (Wildman–Crippen LogP) is -0.196. The Bertz CT molecular complexity index is 302. The van der Waals surface area contributed by atoms with Crippen molar-refractivity contribution in [3.8, 4) is 5.75 Å². The second kappa shape index (κ2) is 3.86. The molecule has 0 atom stereocenters. The van der Waals surface area contributed by atoms with E-state index in [-0.39, 0.29) is 13.2 Å². The number of aliphatic hydroxyl groups excluding tert-OH is 1. The number of nitrogen functional groups attached to an aromatic ring is 3. The molecule has 72 valence electrons. The molecule has 0 radical (unpaired) electrons. The third kappa shape index (κ3) is 2.16. The molecule has 0 bridgehead atoms. The van der Waals surface area contributed by atoms with Gasteiger partial charge >= 0.3 is 0 Å². The van der Waals surface area contributed by atoms with E-state index in [1.165, 1.54) is 0 Å². The summed E-state index contributed by atoms with van der Waals surface area (Å²) in [5.41, 5.74) is 17.9. The fourth-order valence-corrected chi connectivity index (χ4v) is 0.945. The van der Waals surface area contributed by atoms with Gasteiger partial charge in [-0.15, -0.1) is 0 Å². The number of benzene rings is 1. The number of aliphatic hydroxyl groups is 1. The molecular weight excluding hydrogens is 170 g/mol. The zero-order chi connectivity index (χ0) is 9.84. The Morgan fingerprint density at radius 3 is 2.54 bits per heavy atom. The summed E-state index contributed by atoms with van der Waals surface area (Å²) in [6.45, 7) is 0.0984. The van der Waals surface area contributed by atoms with E-state index >= 15 is 0 Å². The van der Waals surface area contributed by atoms with Crippen molar-refractivity contribution < 1.29 is 9.84 Å². The molecular formula is C8H13N3O2. The van der Waals surface area contributed by atoms with Crippen LogP contribution in [0.5, 0.6) is 5.75 Å². The zero-order valence-electron chi connectivity index (χ0n) is 7.16. The van der Waals surface area contributed by atoms with Crippen molar-refractivity contribution in [3.63, 3.8) is 0 Å².